The first-order valence-electron chi connectivity index (χ1n) is 8.47. The average Bonchev–Trinajstić information content (AvgIpc) is 2.80. The number of rotatable bonds is 3. The van der Waals surface area contributed by atoms with Gasteiger partial charge in [-0.3, -0.25) is 0 Å². The van der Waals surface area contributed by atoms with Gasteiger partial charge in [-0.25, -0.2) is 0 Å². The fourth-order valence-corrected chi connectivity index (χ4v) is 13.3. The van der Waals surface area contributed by atoms with Gasteiger partial charge >= 0.3 is 141 Å². The van der Waals surface area contributed by atoms with E-state index in [-0.39, 0.29) is 4.22 Å². The summed E-state index contributed by atoms with van der Waals surface area (Å²) in [6, 6.07) is 6.30. The predicted molar refractivity (Wildman–Crippen MR) is 107 cm³/mol. The number of hydrogen-bond acceptors (Lipinski definition) is 1. The Morgan fingerprint density at radius 2 is 1.26 bits per heavy atom. The minimum absolute atomic E-state index is 0.109. The summed E-state index contributed by atoms with van der Waals surface area (Å²) in [5.41, 5.74) is 3.45. The molecule has 4 heteroatoms. The van der Waals surface area contributed by atoms with E-state index in [1.807, 2.05) is 12.2 Å². The van der Waals surface area contributed by atoms with Gasteiger partial charge in [0.05, 0.1) is 0 Å². The molecule has 0 radical (unpaired) electrons. The third kappa shape index (κ3) is 2.65. The van der Waals surface area contributed by atoms with Crippen LogP contribution in [0.15, 0.2) is 42.5 Å². The second kappa shape index (κ2) is 2.82. The average molecular weight is 393 g/mol. The van der Waals surface area contributed by atoms with Gasteiger partial charge < -0.3 is 0 Å². The van der Waals surface area contributed by atoms with Gasteiger partial charge in [0.2, 0.25) is 0 Å². The van der Waals surface area contributed by atoms with Gasteiger partial charge in [0.25, 0.3) is 0 Å². The third-order valence-electron chi connectivity index (χ3n) is 6.71. The SMILES string of the molecule is Cc1cccc(C)c1[N](C)[Ti]([CH3])([CH3])([CH3])([CH3])([CH3])([Cl])([Cl])[CH]1C=CC=C1. The molecule has 0 heterocycles. The Kier molecular flexibility index (Phi) is 2.35. The maximum absolute atomic E-state index is 7.99. The van der Waals surface area contributed by atoms with E-state index in [4.69, 9.17) is 18.6 Å². The summed E-state index contributed by atoms with van der Waals surface area (Å²) in [7, 11) is 11.9. The Morgan fingerprint density at radius 1 is 0.870 bits per heavy atom. The van der Waals surface area contributed by atoms with Crippen molar-refractivity contribution in [3.8, 4) is 0 Å². The van der Waals surface area contributed by atoms with Crippen molar-refractivity contribution in [3.63, 3.8) is 0 Å². The molecule has 2 rings (SSSR count). The summed E-state index contributed by atoms with van der Waals surface area (Å²) < 4.78 is 2.10. The van der Waals surface area contributed by atoms with Gasteiger partial charge in [-0.05, 0) is 0 Å². The second-order valence-electron chi connectivity index (χ2n) is 14.1. The molecule has 1 aromatic rings. The molecule has 0 amide bonds. The summed E-state index contributed by atoms with van der Waals surface area (Å²) in [6.45, 7) is 4.23. The molecule has 1 aliphatic carbocycles. The molecule has 0 saturated carbocycles. The topological polar surface area (TPSA) is 3.24 Å². The number of allylic oxidation sites excluding steroid dienone is 4. The molecule has 1 nitrogen and oxygen atoms in total. The maximum atomic E-state index is 7.99. The van der Waals surface area contributed by atoms with E-state index >= 15 is 0 Å². The molecule has 0 atom stereocenters. The number of aryl methyl sites for hydroxylation is 2. The zero-order valence-electron chi connectivity index (χ0n) is 15.8. The molecule has 0 unspecified atom stereocenters. The van der Waals surface area contributed by atoms with Crippen LogP contribution in [0.5, 0.6) is 0 Å². The summed E-state index contributed by atoms with van der Waals surface area (Å²) in [5, 5.41) is 10.5. The van der Waals surface area contributed by atoms with Crippen LogP contribution in [-0.4, -0.2) is 7.05 Å². The first kappa shape index (κ1) is 19.1. The van der Waals surface area contributed by atoms with Crippen molar-refractivity contribution >= 4 is 24.3 Å². The van der Waals surface area contributed by atoms with Crippen LogP contribution in [0.25, 0.3) is 0 Å². The van der Waals surface area contributed by atoms with Gasteiger partial charge in [0.1, 0.15) is 0 Å². The van der Waals surface area contributed by atoms with E-state index < -0.39 is 8.31 Å². The molecule has 1 aromatic carbocycles. The summed E-state index contributed by atoms with van der Waals surface area (Å²) >= 11 is 0. The van der Waals surface area contributed by atoms with Crippen molar-refractivity contribution in [1.82, 2.24) is 0 Å². The van der Waals surface area contributed by atoms with Crippen LogP contribution < -0.4 is 3.38 Å². The molecule has 1 aliphatic rings. The third-order valence-corrected chi connectivity index (χ3v) is 24.9. The predicted octanol–water partition coefficient (Wildman–Crippen LogP) is 7.95. The Hall–Kier alpha value is -0.206. The fourth-order valence-electron chi connectivity index (χ4n) is 3.89. The molecule has 0 spiro atoms. The van der Waals surface area contributed by atoms with E-state index in [0.29, 0.717) is 0 Å². The van der Waals surface area contributed by atoms with Crippen LogP contribution in [0, 0.1) is 13.8 Å². The number of anilines is 1. The number of hydrogen-bond donors (Lipinski definition) is 0. The van der Waals surface area contributed by atoms with E-state index in [1.165, 1.54) is 11.1 Å². The van der Waals surface area contributed by atoms with Crippen molar-refractivity contribution in [3.05, 3.63) is 53.6 Å². The second-order valence-corrected chi connectivity index (χ2v) is 68.7. The molecule has 131 valence electrons. The molecule has 0 saturated heterocycles. The zero-order chi connectivity index (χ0) is 18.2. The van der Waals surface area contributed by atoms with Crippen LogP contribution in [0.1, 0.15) is 11.1 Å². The van der Waals surface area contributed by atoms with E-state index in [0.717, 1.165) is 5.69 Å². The first-order chi connectivity index (χ1) is 9.58. The molecule has 0 N–H and O–H groups in total. The molecule has 0 aromatic heterocycles. The van der Waals surface area contributed by atoms with Crippen molar-refractivity contribution in [2.45, 2.75) is 44.2 Å². The van der Waals surface area contributed by atoms with Crippen LogP contribution in [-0.2, 0) is 8.31 Å². The van der Waals surface area contributed by atoms with Crippen molar-refractivity contribution in [2.75, 3.05) is 10.4 Å². The van der Waals surface area contributed by atoms with Gasteiger partial charge in [-0.15, -0.1) is 0 Å². The number of halogens is 2. The van der Waals surface area contributed by atoms with E-state index in [1.54, 1.807) is 0 Å². The summed E-state index contributed by atoms with van der Waals surface area (Å²) in [6.07, 6.45) is 8.34. The quantitative estimate of drug-likeness (QED) is 0.471. The minimum atomic E-state index is -6.16. The molecule has 0 aliphatic heterocycles. The summed E-state index contributed by atoms with van der Waals surface area (Å²) in [4.78, 5) is 0. The van der Waals surface area contributed by atoms with E-state index in [2.05, 4.69) is 80.8 Å². The molecule has 0 bridgehead atoms. The van der Waals surface area contributed by atoms with Crippen molar-refractivity contribution in [1.29, 1.82) is 0 Å². The van der Waals surface area contributed by atoms with Crippen molar-refractivity contribution < 1.29 is 8.31 Å². The van der Waals surface area contributed by atoms with Crippen molar-refractivity contribution in [2.24, 2.45) is 0 Å². The Balaban J connectivity index is 3.07. The monoisotopic (exact) mass is 392 g/mol. The molecular formula is C19H32Cl2NTi. The van der Waals surface area contributed by atoms with Gasteiger partial charge in [0.15, 0.2) is 0 Å². The zero-order valence-corrected chi connectivity index (χ0v) is 18.9. The summed E-state index contributed by atoms with van der Waals surface area (Å²) in [5.74, 6) is 0. The van der Waals surface area contributed by atoms with Crippen LogP contribution in [0.4, 0.5) is 5.69 Å². The van der Waals surface area contributed by atoms with Crippen LogP contribution in [0.2, 0.25) is 30.4 Å². The van der Waals surface area contributed by atoms with Gasteiger partial charge in [-0.1, -0.05) is 0 Å². The first-order valence-corrected chi connectivity index (χ1v) is 22.2. The standard InChI is InChI=1S/C9H12N.C5H5.5CH3.2ClH.Ti/c1-7-5-4-6-8(2)9(7)10-3;1-2-4-5-3-1;;;;;;;;/h4-6H,1-3H3;1-5H;5*1H3;2*1H;/q-1;;;;;;;;;+3/p-2. The van der Waals surface area contributed by atoms with Crippen LogP contribution >= 0.6 is 18.6 Å². The number of benzene rings is 1. The molecule has 0 fully saturated rings. The Morgan fingerprint density at radius 3 is 1.65 bits per heavy atom. The van der Waals surface area contributed by atoms with Gasteiger partial charge in [-0.2, -0.15) is 0 Å². The number of nitrogens with zero attached hydrogens (tertiary/aromatic N) is 1. The van der Waals surface area contributed by atoms with Crippen LogP contribution in [0.3, 0.4) is 0 Å². The Labute approximate surface area is 140 Å². The van der Waals surface area contributed by atoms with Gasteiger partial charge in [0, 0.05) is 0 Å². The molecule has 23 heavy (non-hydrogen) atoms. The Bertz CT molecular complexity index is 793. The normalized spacial score (nSPS) is 24.7. The number of para-hydroxylation sites is 1. The molecular weight excluding hydrogens is 361 g/mol. The van der Waals surface area contributed by atoms with E-state index in [9.17, 15) is 0 Å². The fraction of sp³-hybridized carbons (Fsp3) is 0.474.